The van der Waals surface area contributed by atoms with Gasteiger partial charge in [0, 0.05) is 19.3 Å². The summed E-state index contributed by atoms with van der Waals surface area (Å²) in [6.07, 6.45) is 62.4. The van der Waals surface area contributed by atoms with E-state index in [4.69, 9.17) is 14.2 Å². The Morgan fingerprint density at radius 1 is 0.292 bits per heavy atom. The molecule has 0 amide bonds. The van der Waals surface area contributed by atoms with Gasteiger partial charge >= 0.3 is 17.9 Å². The molecule has 0 radical (unpaired) electrons. The standard InChI is InChI=1S/C59H112O6/c1-4-7-10-13-16-18-20-22-23-24-25-26-27-28-29-30-31-32-33-34-35-37-38-40-43-46-49-52-58(61)64-55-56(54-63-57(60)51-48-45-42-15-12-9-6-3)65-59(62)53-50-47-44-41-39-36-21-19-17-14-11-8-5-2/h24-25,56H,4-23,26-55H2,1-3H3/b25-24-. The molecule has 0 N–H and O–H groups in total. The maximum atomic E-state index is 12.8. The highest BCUT2D eigenvalue weighted by Gasteiger charge is 2.19. The SMILES string of the molecule is CCCCCCCCCC/C=C\CCCCCCCCCCCCCCCCCC(=O)OCC(COC(=O)CCCCCCCCC)OC(=O)CCCCCCCCCCCCCCC. The predicted octanol–water partition coefficient (Wildman–Crippen LogP) is 19.3. The second-order valence-electron chi connectivity index (χ2n) is 19.9. The van der Waals surface area contributed by atoms with Crippen LogP contribution in [0.5, 0.6) is 0 Å². The summed E-state index contributed by atoms with van der Waals surface area (Å²) < 4.78 is 16.8. The van der Waals surface area contributed by atoms with E-state index in [9.17, 15) is 14.4 Å². The van der Waals surface area contributed by atoms with Crippen molar-refractivity contribution in [1.82, 2.24) is 0 Å². The second-order valence-corrected chi connectivity index (χ2v) is 19.9. The van der Waals surface area contributed by atoms with Crippen molar-refractivity contribution in [3.63, 3.8) is 0 Å². The first kappa shape index (κ1) is 63.1. The summed E-state index contributed by atoms with van der Waals surface area (Å²) in [4.78, 5) is 37.9. The summed E-state index contributed by atoms with van der Waals surface area (Å²) in [7, 11) is 0. The number of hydrogen-bond donors (Lipinski definition) is 0. The molecular formula is C59H112O6. The van der Waals surface area contributed by atoms with Gasteiger partial charge in [0.05, 0.1) is 0 Å². The second kappa shape index (κ2) is 54.8. The van der Waals surface area contributed by atoms with E-state index < -0.39 is 6.10 Å². The van der Waals surface area contributed by atoms with E-state index in [2.05, 4.69) is 32.9 Å². The lowest BCUT2D eigenvalue weighted by molar-refractivity contribution is -0.167. The molecular weight excluding hydrogens is 805 g/mol. The fraction of sp³-hybridized carbons (Fsp3) is 0.915. The molecule has 0 saturated heterocycles. The van der Waals surface area contributed by atoms with Gasteiger partial charge in [-0.1, -0.05) is 277 Å². The largest absolute Gasteiger partial charge is 0.462 e. The van der Waals surface area contributed by atoms with Crippen molar-refractivity contribution in [3.05, 3.63) is 12.2 Å². The number of unbranched alkanes of at least 4 members (excludes halogenated alkanes) is 41. The summed E-state index contributed by atoms with van der Waals surface area (Å²) in [5.74, 6) is -0.851. The Hall–Kier alpha value is -1.85. The molecule has 0 saturated carbocycles. The summed E-state index contributed by atoms with van der Waals surface area (Å²) in [5, 5.41) is 0. The van der Waals surface area contributed by atoms with Gasteiger partial charge in [0.1, 0.15) is 13.2 Å². The Balaban J connectivity index is 4.02. The number of allylic oxidation sites excluding steroid dienone is 2. The molecule has 384 valence electrons. The molecule has 0 aliphatic heterocycles. The fourth-order valence-electron chi connectivity index (χ4n) is 8.85. The lowest BCUT2D eigenvalue weighted by Gasteiger charge is -2.18. The number of hydrogen-bond acceptors (Lipinski definition) is 6. The number of rotatable bonds is 54. The minimum Gasteiger partial charge on any atom is -0.462 e. The first-order valence-corrected chi connectivity index (χ1v) is 29.2. The molecule has 65 heavy (non-hydrogen) atoms. The number of carbonyl (C=O) groups excluding carboxylic acids is 3. The van der Waals surface area contributed by atoms with Crippen LogP contribution in [0.1, 0.15) is 329 Å². The Morgan fingerprint density at radius 2 is 0.508 bits per heavy atom. The number of esters is 3. The Labute approximate surface area is 405 Å². The molecule has 1 unspecified atom stereocenters. The van der Waals surface area contributed by atoms with Gasteiger partial charge in [-0.05, 0) is 44.9 Å². The molecule has 0 fully saturated rings. The Kier molecular flexibility index (Phi) is 53.2. The van der Waals surface area contributed by atoms with Crippen LogP contribution in [0, 0.1) is 0 Å². The van der Waals surface area contributed by atoms with Crippen molar-refractivity contribution in [2.24, 2.45) is 0 Å². The van der Waals surface area contributed by atoms with Crippen LogP contribution < -0.4 is 0 Å². The lowest BCUT2D eigenvalue weighted by atomic mass is 10.0. The zero-order chi connectivity index (χ0) is 47.2. The highest BCUT2D eigenvalue weighted by molar-refractivity contribution is 5.71. The molecule has 0 aromatic carbocycles. The molecule has 0 rings (SSSR count). The molecule has 0 aliphatic carbocycles. The average Bonchev–Trinajstić information content (AvgIpc) is 3.30. The van der Waals surface area contributed by atoms with E-state index in [0.717, 1.165) is 57.8 Å². The van der Waals surface area contributed by atoms with E-state index in [-0.39, 0.29) is 31.1 Å². The molecule has 0 aliphatic rings. The third-order valence-electron chi connectivity index (χ3n) is 13.3. The van der Waals surface area contributed by atoms with Gasteiger partial charge < -0.3 is 14.2 Å². The van der Waals surface area contributed by atoms with Crippen LogP contribution in [0.25, 0.3) is 0 Å². The molecule has 1 atom stereocenters. The van der Waals surface area contributed by atoms with E-state index in [1.165, 1.54) is 231 Å². The van der Waals surface area contributed by atoms with E-state index in [1.54, 1.807) is 0 Å². The third-order valence-corrected chi connectivity index (χ3v) is 13.3. The lowest BCUT2D eigenvalue weighted by Crippen LogP contribution is -2.30. The van der Waals surface area contributed by atoms with Crippen LogP contribution in [-0.2, 0) is 28.6 Å². The highest BCUT2D eigenvalue weighted by atomic mass is 16.6. The molecule has 0 spiro atoms. The monoisotopic (exact) mass is 917 g/mol. The van der Waals surface area contributed by atoms with Gasteiger partial charge in [-0.25, -0.2) is 0 Å². The van der Waals surface area contributed by atoms with E-state index in [0.29, 0.717) is 19.3 Å². The first-order chi connectivity index (χ1) is 32.0. The van der Waals surface area contributed by atoms with Crippen molar-refractivity contribution >= 4 is 17.9 Å². The Bertz CT molecular complexity index is 1010. The van der Waals surface area contributed by atoms with Crippen molar-refractivity contribution in [2.45, 2.75) is 335 Å². The minimum absolute atomic E-state index is 0.0643. The molecule has 6 nitrogen and oxygen atoms in total. The van der Waals surface area contributed by atoms with E-state index >= 15 is 0 Å². The Morgan fingerprint density at radius 3 is 0.769 bits per heavy atom. The predicted molar refractivity (Wildman–Crippen MR) is 280 cm³/mol. The normalized spacial score (nSPS) is 12.0. The zero-order valence-electron chi connectivity index (χ0n) is 44.0. The van der Waals surface area contributed by atoms with Gasteiger partial charge in [0.25, 0.3) is 0 Å². The minimum atomic E-state index is -0.761. The van der Waals surface area contributed by atoms with Gasteiger partial charge in [-0.2, -0.15) is 0 Å². The summed E-state index contributed by atoms with van der Waals surface area (Å²) in [5.41, 5.74) is 0. The maximum absolute atomic E-state index is 12.8. The van der Waals surface area contributed by atoms with Crippen LogP contribution in [0.4, 0.5) is 0 Å². The first-order valence-electron chi connectivity index (χ1n) is 29.2. The van der Waals surface area contributed by atoms with Gasteiger partial charge in [-0.3, -0.25) is 14.4 Å². The molecule has 0 aromatic heterocycles. The van der Waals surface area contributed by atoms with Gasteiger partial charge in [0.2, 0.25) is 0 Å². The van der Waals surface area contributed by atoms with E-state index in [1.807, 2.05) is 0 Å². The number of ether oxygens (including phenoxy) is 3. The molecule has 0 aromatic rings. The quantitative estimate of drug-likeness (QED) is 0.0262. The average molecular weight is 918 g/mol. The topological polar surface area (TPSA) is 78.9 Å². The van der Waals surface area contributed by atoms with Crippen molar-refractivity contribution in [1.29, 1.82) is 0 Å². The van der Waals surface area contributed by atoms with Gasteiger partial charge in [0.15, 0.2) is 6.10 Å². The van der Waals surface area contributed by atoms with Crippen molar-refractivity contribution < 1.29 is 28.6 Å². The van der Waals surface area contributed by atoms with Crippen LogP contribution in [0.15, 0.2) is 12.2 Å². The third kappa shape index (κ3) is 53.0. The van der Waals surface area contributed by atoms with Crippen molar-refractivity contribution in [3.8, 4) is 0 Å². The summed E-state index contributed by atoms with van der Waals surface area (Å²) in [6.45, 7) is 6.64. The van der Waals surface area contributed by atoms with Crippen LogP contribution in [-0.4, -0.2) is 37.2 Å². The molecule has 0 bridgehead atoms. The van der Waals surface area contributed by atoms with Crippen molar-refractivity contribution in [2.75, 3.05) is 13.2 Å². The van der Waals surface area contributed by atoms with Crippen LogP contribution in [0.3, 0.4) is 0 Å². The summed E-state index contributed by atoms with van der Waals surface area (Å²) >= 11 is 0. The highest BCUT2D eigenvalue weighted by Crippen LogP contribution is 2.17. The maximum Gasteiger partial charge on any atom is 0.306 e. The zero-order valence-corrected chi connectivity index (χ0v) is 44.0. The van der Waals surface area contributed by atoms with Crippen LogP contribution >= 0.6 is 0 Å². The van der Waals surface area contributed by atoms with Crippen LogP contribution in [0.2, 0.25) is 0 Å². The smallest absolute Gasteiger partial charge is 0.306 e. The molecule has 6 heteroatoms. The fourth-order valence-corrected chi connectivity index (χ4v) is 8.85. The summed E-state index contributed by atoms with van der Waals surface area (Å²) in [6, 6.07) is 0. The van der Waals surface area contributed by atoms with Gasteiger partial charge in [-0.15, -0.1) is 0 Å². The number of carbonyl (C=O) groups is 3. The molecule has 0 heterocycles.